The second-order valence-electron chi connectivity index (χ2n) is 7.22. The monoisotopic (exact) mass is 401 g/mol. The second-order valence-corrected chi connectivity index (χ2v) is 7.22. The zero-order valence-corrected chi connectivity index (χ0v) is 17.1. The third-order valence-corrected chi connectivity index (χ3v) is 5.14. The molecule has 1 N–H and O–H groups in total. The quantitative estimate of drug-likeness (QED) is 0.614. The number of guanidine groups is 1. The lowest BCUT2D eigenvalue weighted by atomic mass is 10.1. The molecule has 1 aliphatic rings. The van der Waals surface area contributed by atoms with Crippen molar-refractivity contribution < 1.29 is 13.6 Å². The molecule has 1 saturated heterocycles. The van der Waals surface area contributed by atoms with Crippen LogP contribution in [-0.4, -0.2) is 80.4 Å². The van der Waals surface area contributed by atoms with Crippen molar-refractivity contribution in [3.05, 3.63) is 59.8 Å². The van der Waals surface area contributed by atoms with E-state index in [0.29, 0.717) is 38.5 Å². The van der Waals surface area contributed by atoms with E-state index in [0.717, 1.165) is 11.5 Å². The van der Waals surface area contributed by atoms with Gasteiger partial charge in [0.05, 0.1) is 12.3 Å². The fraction of sp³-hybridized carbons (Fsp3) is 0.429. The van der Waals surface area contributed by atoms with Crippen LogP contribution in [0, 0.1) is 5.82 Å². The van der Waals surface area contributed by atoms with Gasteiger partial charge < -0.3 is 24.4 Å². The Kier molecular flexibility index (Phi) is 6.87. The predicted octanol–water partition coefficient (Wildman–Crippen LogP) is 2.05. The molecule has 0 aliphatic carbocycles. The van der Waals surface area contributed by atoms with E-state index in [1.165, 1.54) is 18.4 Å². The Bertz CT molecular complexity index is 812. The molecule has 2 aromatic rings. The highest BCUT2D eigenvalue weighted by atomic mass is 19.1. The zero-order valence-electron chi connectivity index (χ0n) is 17.1. The van der Waals surface area contributed by atoms with Crippen molar-refractivity contribution in [1.29, 1.82) is 0 Å². The maximum Gasteiger partial charge on any atom is 0.289 e. The van der Waals surface area contributed by atoms with Crippen molar-refractivity contribution in [2.24, 2.45) is 4.99 Å². The lowest BCUT2D eigenvalue weighted by Crippen LogP contribution is -2.54. The van der Waals surface area contributed by atoms with Crippen molar-refractivity contribution in [2.45, 2.75) is 6.04 Å². The van der Waals surface area contributed by atoms with Crippen LogP contribution in [0.5, 0.6) is 0 Å². The van der Waals surface area contributed by atoms with Gasteiger partial charge in [0.2, 0.25) is 0 Å². The number of aliphatic imine (C=N–C) groups is 1. The Morgan fingerprint density at radius 1 is 1.17 bits per heavy atom. The van der Waals surface area contributed by atoms with Gasteiger partial charge in [-0.2, -0.15) is 0 Å². The highest BCUT2D eigenvalue weighted by molar-refractivity contribution is 5.91. The molecule has 156 valence electrons. The number of nitrogens with one attached hydrogen (secondary N) is 1. The normalized spacial score (nSPS) is 16.2. The molecule has 0 bridgehead atoms. The zero-order chi connectivity index (χ0) is 20.8. The van der Waals surface area contributed by atoms with Crippen LogP contribution in [0.2, 0.25) is 0 Å². The smallest absolute Gasteiger partial charge is 0.289 e. The van der Waals surface area contributed by atoms with Crippen LogP contribution in [0.15, 0.2) is 52.1 Å². The first-order valence-corrected chi connectivity index (χ1v) is 9.70. The molecule has 0 saturated carbocycles. The van der Waals surface area contributed by atoms with Crippen LogP contribution >= 0.6 is 0 Å². The fourth-order valence-electron chi connectivity index (χ4n) is 3.48. The molecule has 1 unspecified atom stereocenters. The Balaban J connectivity index is 1.56. The first kappa shape index (κ1) is 20.9. The largest absolute Gasteiger partial charge is 0.459 e. The molecule has 1 fully saturated rings. The summed E-state index contributed by atoms with van der Waals surface area (Å²) in [5, 5.41) is 3.42. The van der Waals surface area contributed by atoms with Gasteiger partial charge in [0.15, 0.2) is 11.7 Å². The van der Waals surface area contributed by atoms with Crippen LogP contribution in [0.1, 0.15) is 22.2 Å². The van der Waals surface area contributed by atoms with Gasteiger partial charge in [-0.25, -0.2) is 4.39 Å². The van der Waals surface area contributed by atoms with E-state index in [-0.39, 0.29) is 17.8 Å². The van der Waals surface area contributed by atoms with Crippen LogP contribution < -0.4 is 5.32 Å². The average Bonchev–Trinajstić information content (AvgIpc) is 3.27. The summed E-state index contributed by atoms with van der Waals surface area (Å²) < 4.78 is 18.5. The third kappa shape index (κ3) is 5.14. The summed E-state index contributed by atoms with van der Waals surface area (Å²) in [6.07, 6.45) is 1.51. The van der Waals surface area contributed by atoms with Crippen molar-refractivity contribution in [3.8, 4) is 0 Å². The van der Waals surface area contributed by atoms with Gasteiger partial charge >= 0.3 is 0 Å². The van der Waals surface area contributed by atoms with Gasteiger partial charge in [-0.05, 0) is 43.9 Å². The number of nitrogens with zero attached hydrogens (tertiary/aromatic N) is 4. The van der Waals surface area contributed by atoms with E-state index in [1.807, 2.05) is 26.2 Å². The highest BCUT2D eigenvalue weighted by Gasteiger charge is 2.25. The predicted molar refractivity (Wildman–Crippen MR) is 110 cm³/mol. The van der Waals surface area contributed by atoms with E-state index in [9.17, 15) is 9.18 Å². The number of hydrogen-bond acceptors (Lipinski definition) is 4. The molecule has 1 amide bonds. The molecule has 29 heavy (non-hydrogen) atoms. The SMILES string of the molecule is CN=C(NCC(c1ccc(F)cc1)N(C)C)N1CCN(C(=O)c2ccco2)CC1. The summed E-state index contributed by atoms with van der Waals surface area (Å²) in [6.45, 7) is 3.23. The van der Waals surface area contributed by atoms with Crippen molar-refractivity contribution in [2.75, 3.05) is 53.9 Å². The summed E-state index contributed by atoms with van der Waals surface area (Å²) >= 11 is 0. The number of carbonyl (C=O) groups excluding carboxylic acids is 1. The molecule has 1 aliphatic heterocycles. The molecule has 0 radical (unpaired) electrons. The van der Waals surface area contributed by atoms with E-state index >= 15 is 0 Å². The summed E-state index contributed by atoms with van der Waals surface area (Å²) in [7, 11) is 5.75. The van der Waals surface area contributed by atoms with Gasteiger partial charge in [-0.1, -0.05) is 12.1 Å². The number of amides is 1. The molecule has 3 rings (SSSR count). The molecule has 0 spiro atoms. The number of carbonyl (C=O) groups is 1. The number of hydrogen-bond donors (Lipinski definition) is 1. The molecule has 1 atom stereocenters. The fourth-order valence-corrected chi connectivity index (χ4v) is 3.48. The third-order valence-electron chi connectivity index (χ3n) is 5.14. The molecule has 1 aromatic carbocycles. The minimum atomic E-state index is -0.239. The topological polar surface area (TPSA) is 64.3 Å². The standard InChI is InChI=1S/C21H28FN5O2/c1-23-21(24-15-18(25(2)3)16-6-8-17(22)9-7-16)27-12-10-26(11-13-27)20(28)19-5-4-14-29-19/h4-9,14,18H,10-13,15H2,1-3H3,(H,23,24). The van der Waals surface area contributed by atoms with Crippen molar-refractivity contribution in [1.82, 2.24) is 20.0 Å². The Morgan fingerprint density at radius 3 is 2.38 bits per heavy atom. The molecule has 1 aromatic heterocycles. The van der Waals surface area contributed by atoms with Crippen LogP contribution in [0.4, 0.5) is 4.39 Å². The van der Waals surface area contributed by atoms with Crippen LogP contribution in [0.25, 0.3) is 0 Å². The minimum absolute atomic E-state index is 0.0779. The van der Waals surface area contributed by atoms with Crippen LogP contribution in [0.3, 0.4) is 0 Å². The number of likely N-dealkylation sites (N-methyl/N-ethyl adjacent to an activating group) is 1. The first-order chi connectivity index (χ1) is 14.0. The summed E-state index contributed by atoms with van der Waals surface area (Å²) in [5.74, 6) is 0.844. The Hall–Kier alpha value is -2.87. The number of rotatable bonds is 5. The maximum atomic E-state index is 13.3. The van der Waals surface area contributed by atoms with E-state index in [1.54, 1.807) is 24.1 Å². The van der Waals surface area contributed by atoms with E-state index in [4.69, 9.17) is 4.42 Å². The molecule has 7 nitrogen and oxygen atoms in total. The lowest BCUT2D eigenvalue weighted by molar-refractivity contribution is 0.0657. The summed E-state index contributed by atoms with van der Waals surface area (Å²) in [6, 6.07) is 10.1. The Morgan fingerprint density at radius 2 is 1.83 bits per heavy atom. The van der Waals surface area contributed by atoms with Gasteiger partial charge in [-0.15, -0.1) is 0 Å². The molecular weight excluding hydrogens is 373 g/mol. The molecule has 2 heterocycles. The van der Waals surface area contributed by atoms with E-state index < -0.39 is 0 Å². The minimum Gasteiger partial charge on any atom is -0.459 e. The first-order valence-electron chi connectivity index (χ1n) is 9.70. The number of furan rings is 1. The van der Waals surface area contributed by atoms with Crippen molar-refractivity contribution >= 4 is 11.9 Å². The van der Waals surface area contributed by atoms with Crippen molar-refractivity contribution in [3.63, 3.8) is 0 Å². The second kappa shape index (κ2) is 9.56. The molecule has 8 heteroatoms. The van der Waals surface area contributed by atoms with Gasteiger partial charge in [0.1, 0.15) is 5.82 Å². The Labute approximate surface area is 170 Å². The maximum absolute atomic E-state index is 13.3. The van der Waals surface area contributed by atoms with E-state index in [2.05, 4.69) is 20.1 Å². The highest BCUT2D eigenvalue weighted by Crippen LogP contribution is 2.18. The number of piperazine rings is 1. The molecular formula is C21H28FN5O2. The van der Waals surface area contributed by atoms with Crippen LogP contribution in [-0.2, 0) is 0 Å². The number of benzene rings is 1. The lowest BCUT2D eigenvalue weighted by Gasteiger charge is -2.37. The summed E-state index contributed by atoms with van der Waals surface area (Å²) in [5.41, 5.74) is 1.04. The van der Waals surface area contributed by atoms with Gasteiger partial charge in [0.25, 0.3) is 5.91 Å². The average molecular weight is 401 g/mol. The van der Waals surface area contributed by atoms with Gasteiger partial charge in [0, 0.05) is 39.8 Å². The van der Waals surface area contributed by atoms with Gasteiger partial charge in [-0.3, -0.25) is 9.79 Å². The summed E-state index contributed by atoms with van der Waals surface area (Å²) in [4.78, 5) is 22.8. The number of halogens is 1.